The van der Waals surface area contributed by atoms with Gasteiger partial charge in [-0.3, -0.25) is 0 Å². The Morgan fingerprint density at radius 2 is 2.12 bits per heavy atom. The Balaban J connectivity index is 2.18. The number of hydrogen-bond donors (Lipinski definition) is 0. The van der Waals surface area contributed by atoms with Gasteiger partial charge in [0.1, 0.15) is 6.29 Å². The fraction of sp³-hybridized carbons (Fsp3) is 0.500. The van der Waals surface area contributed by atoms with Gasteiger partial charge in [0, 0.05) is 30.2 Å². The van der Waals surface area contributed by atoms with E-state index in [1.54, 1.807) is 0 Å². The molecule has 1 heterocycles. The van der Waals surface area contributed by atoms with Crippen molar-refractivity contribution in [3.8, 4) is 0 Å². The lowest BCUT2D eigenvalue weighted by Crippen LogP contribution is -2.17. The Hall–Kier alpha value is -1.02. The average Bonchev–Trinajstić information content (AvgIpc) is 2.82. The summed E-state index contributed by atoms with van der Waals surface area (Å²) in [5, 5.41) is 0.781. The summed E-state index contributed by atoms with van der Waals surface area (Å²) in [7, 11) is 0. The zero-order chi connectivity index (χ0) is 12.3. The van der Waals surface area contributed by atoms with E-state index in [2.05, 4.69) is 17.0 Å². The minimum atomic E-state index is 0.202. The third-order valence-electron chi connectivity index (χ3n) is 3.44. The molecule has 1 fully saturated rings. The van der Waals surface area contributed by atoms with Gasteiger partial charge in [-0.1, -0.05) is 24.6 Å². The molecule has 3 heteroatoms. The molecule has 0 aromatic heterocycles. The van der Waals surface area contributed by atoms with Crippen LogP contribution in [0, 0.1) is 0 Å². The first kappa shape index (κ1) is 12.4. The van der Waals surface area contributed by atoms with Crippen LogP contribution in [0.1, 0.15) is 37.7 Å². The molecule has 0 bridgehead atoms. The number of rotatable bonds is 4. The van der Waals surface area contributed by atoms with Crippen LogP contribution >= 0.6 is 11.6 Å². The van der Waals surface area contributed by atoms with Gasteiger partial charge in [0.15, 0.2) is 0 Å². The maximum absolute atomic E-state index is 10.5. The number of benzene rings is 1. The highest BCUT2D eigenvalue weighted by Gasteiger charge is 2.15. The molecule has 1 aliphatic rings. The van der Waals surface area contributed by atoms with Crippen LogP contribution in [0.5, 0.6) is 0 Å². The summed E-state index contributed by atoms with van der Waals surface area (Å²) in [5.74, 6) is 0.202. The number of aldehydes is 1. The zero-order valence-corrected chi connectivity index (χ0v) is 10.9. The van der Waals surface area contributed by atoms with Gasteiger partial charge in [0.25, 0.3) is 0 Å². The van der Waals surface area contributed by atoms with Gasteiger partial charge in [0.2, 0.25) is 0 Å². The van der Waals surface area contributed by atoms with E-state index in [1.807, 2.05) is 13.0 Å². The Morgan fingerprint density at radius 1 is 1.41 bits per heavy atom. The summed E-state index contributed by atoms with van der Waals surface area (Å²) in [6.45, 7) is 4.28. The highest BCUT2D eigenvalue weighted by Crippen LogP contribution is 2.31. The molecule has 0 amide bonds. The van der Waals surface area contributed by atoms with Gasteiger partial charge in [-0.25, -0.2) is 0 Å². The molecule has 1 aromatic rings. The first-order valence-electron chi connectivity index (χ1n) is 6.20. The van der Waals surface area contributed by atoms with Crippen molar-refractivity contribution in [2.75, 3.05) is 18.0 Å². The number of hydrogen-bond acceptors (Lipinski definition) is 2. The van der Waals surface area contributed by atoms with E-state index in [1.165, 1.54) is 18.5 Å². The third kappa shape index (κ3) is 2.81. The zero-order valence-electron chi connectivity index (χ0n) is 10.2. The van der Waals surface area contributed by atoms with E-state index in [9.17, 15) is 4.79 Å². The van der Waals surface area contributed by atoms with Crippen LogP contribution in [-0.4, -0.2) is 19.4 Å². The number of anilines is 1. The maximum Gasteiger partial charge on any atom is 0.120 e. The molecule has 0 spiro atoms. The van der Waals surface area contributed by atoms with Crippen LogP contribution < -0.4 is 4.90 Å². The maximum atomic E-state index is 10.5. The second kappa shape index (κ2) is 5.54. The number of carbonyl (C=O) groups is 1. The fourth-order valence-electron chi connectivity index (χ4n) is 2.36. The molecule has 0 aliphatic carbocycles. The predicted octanol–water partition coefficient (Wildman–Crippen LogP) is 3.63. The number of carbonyl (C=O) groups excluding carboxylic acids is 1. The molecule has 0 unspecified atom stereocenters. The molecular formula is C14H18ClNO. The SMILES string of the molecule is C[C@H](CC=O)c1ccc(N2CCCC2)cc1Cl. The van der Waals surface area contributed by atoms with Gasteiger partial charge in [-0.05, 0) is 36.5 Å². The molecule has 0 N–H and O–H groups in total. The van der Waals surface area contributed by atoms with E-state index in [4.69, 9.17) is 11.6 Å². The van der Waals surface area contributed by atoms with Crippen molar-refractivity contribution in [3.05, 3.63) is 28.8 Å². The van der Waals surface area contributed by atoms with Crippen molar-refractivity contribution in [2.45, 2.75) is 32.1 Å². The van der Waals surface area contributed by atoms with Crippen LogP contribution in [0.2, 0.25) is 5.02 Å². The van der Waals surface area contributed by atoms with E-state index >= 15 is 0 Å². The van der Waals surface area contributed by atoms with Gasteiger partial charge in [-0.2, -0.15) is 0 Å². The Bertz CT molecular complexity index is 399. The van der Waals surface area contributed by atoms with Crippen LogP contribution in [0.15, 0.2) is 18.2 Å². The van der Waals surface area contributed by atoms with Gasteiger partial charge in [0.05, 0.1) is 0 Å². The first-order chi connectivity index (χ1) is 8.22. The normalized spacial score (nSPS) is 17.2. The topological polar surface area (TPSA) is 20.3 Å². The highest BCUT2D eigenvalue weighted by molar-refractivity contribution is 6.31. The minimum absolute atomic E-state index is 0.202. The Labute approximate surface area is 108 Å². The third-order valence-corrected chi connectivity index (χ3v) is 3.76. The minimum Gasteiger partial charge on any atom is -0.371 e. The van der Waals surface area contributed by atoms with Crippen molar-refractivity contribution in [1.82, 2.24) is 0 Å². The van der Waals surface area contributed by atoms with Crippen LogP contribution in [0.3, 0.4) is 0 Å². The molecule has 92 valence electrons. The summed E-state index contributed by atoms with van der Waals surface area (Å²) < 4.78 is 0. The van der Waals surface area contributed by atoms with Crippen molar-refractivity contribution in [1.29, 1.82) is 0 Å². The number of nitrogens with zero attached hydrogens (tertiary/aromatic N) is 1. The largest absolute Gasteiger partial charge is 0.371 e. The summed E-state index contributed by atoms with van der Waals surface area (Å²) in [6.07, 6.45) is 4.01. The molecule has 0 saturated carbocycles. The molecular weight excluding hydrogens is 234 g/mol. The summed E-state index contributed by atoms with van der Waals surface area (Å²) in [4.78, 5) is 12.9. The van der Waals surface area contributed by atoms with Gasteiger partial charge < -0.3 is 9.69 Å². The Kier molecular flexibility index (Phi) is 4.06. The lowest BCUT2D eigenvalue weighted by Gasteiger charge is -2.19. The average molecular weight is 252 g/mol. The predicted molar refractivity (Wildman–Crippen MR) is 72.0 cm³/mol. The molecule has 1 aliphatic heterocycles. The second-order valence-electron chi connectivity index (χ2n) is 4.70. The highest BCUT2D eigenvalue weighted by atomic mass is 35.5. The van der Waals surface area contributed by atoms with Crippen molar-refractivity contribution in [2.24, 2.45) is 0 Å². The summed E-state index contributed by atoms with van der Waals surface area (Å²) in [5.41, 5.74) is 2.27. The molecule has 2 rings (SSSR count). The molecule has 1 aromatic carbocycles. The van der Waals surface area contributed by atoms with Gasteiger partial charge >= 0.3 is 0 Å². The van der Waals surface area contributed by atoms with Crippen LogP contribution in [-0.2, 0) is 4.79 Å². The first-order valence-corrected chi connectivity index (χ1v) is 6.58. The standard InChI is InChI=1S/C14H18ClNO/c1-11(6-9-17)13-5-4-12(10-14(13)15)16-7-2-3-8-16/h4-5,9-11H,2-3,6-8H2,1H3/t11-/m1/s1. The summed E-state index contributed by atoms with van der Waals surface area (Å²) in [6, 6.07) is 6.21. The lowest BCUT2D eigenvalue weighted by atomic mass is 9.98. The van der Waals surface area contributed by atoms with E-state index in [-0.39, 0.29) is 5.92 Å². The molecule has 1 atom stereocenters. The second-order valence-corrected chi connectivity index (χ2v) is 5.11. The van der Waals surface area contributed by atoms with Gasteiger partial charge in [-0.15, -0.1) is 0 Å². The number of halogens is 1. The summed E-state index contributed by atoms with van der Waals surface area (Å²) >= 11 is 6.30. The lowest BCUT2D eigenvalue weighted by molar-refractivity contribution is -0.108. The molecule has 1 saturated heterocycles. The van der Waals surface area contributed by atoms with Crippen LogP contribution in [0.4, 0.5) is 5.69 Å². The van der Waals surface area contributed by atoms with Crippen LogP contribution in [0.25, 0.3) is 0 Å². The van der Waals surface area contributed by atoms with Crippen molar-refractivity contribution in [3.63, 3.8) is 0 Å². The van der Waals surface area contributed by atoms with E-state index in [0.717, 1.165) is 30.0 Å². The van der Waals surface area contributed by atoms with E-state index in [0.29, 0.717) is 6.42 Å². The monoisotopic (exact) mass is 251 g/mol. The fourth-order valence-corrected chi connectivity index (χ4v) is 2.72. The molecule has 2 nitrogen and oxygen atoms in total. The molecule has 17 heavy (non-hydrogen) atoms. The van der Waals surface area contributed by atoms with E-state index < -0.39 is 0 Å². The van der Waals surface area contributed by atoms with Crippen molar-refractivity contribution >= 4 is 23.6 Å². The smallest absolute Gasteiger partial charge is 0.120 e. The quantitative estimate of drug-likeness (QED) is 0.762. The van der Waals surface area contributed by atoms with Crippen molar-refractivity contribution < 1.29 is 4.79 Å². The molecule has 0 radical (unpaired) electrons. The Morgan fingerprint density at radius 3 is 2.71 bits per heavy atom.